The third-order valence-electron chi connectivity index (χ3n) is 2.95. The maximum absolute atomic E-state index is 11.9. The van der Waals surface area contributed by atoms with Gasteiger partial charge in [0.15, 0.2) is 6.61 Å². The van der Waals surface area contributed by atoms with Gasteiger partial charge in [0.2, 0.25) is 0 Å². The first-order valence-corrected chi connectivity index (χ1v) is 7.38. The van der Waals surface area contributed by atoms with Crippen molar-refractivity contribution >= 4 is 23.2 Å². The molecule has 0 aliphatic carbocycles. The second-order valence-corrected chi connectivity index (χ2v) is 5.14. The molecule has 0 aliphatic rings. The van der Waals surface area contributed by atoms with Crippen LogP contribution in [-0.4, -0.2) is 19.1 Å². The first-order chi connectivity index (χ1) is 10.6. The van der Waals surface area contributed by atoms with Crippen molar-refractivity contribution in [3.05, 3.63) is 53.1 Å². The van der Waals surface area contributed by atoms with Gasteiger partial charge in [-0.15, -0.1) is 0 Å². The summed E-state index contributed by atoms with van der Waals surface area (Å²) in [4.78, 5) is 11.9. The Balaban J connectivity index is 1.91. The molecule has 0 aliphatic heterocycles. The van der Waals surface area contributed by atoms with Gasteiger partial charge in [0.25, 0.3) is 5.91 Å². The molecule has 2 aromatic carbocycles. The monoisotopic (exact) mass is 319 g/mol. The van der Waals surface area contributed by atoms with E-state index in [-0.39, 0.29) is 12.5 Å². The summed E-state index contributed by atoms with van der Waals surface area (Å²) in [7, 11) is 0. The summed E-state index contributed by atoms with van der Waals surface area (Å²) in [5.41, 5.74) is 1.63. The number of anilines is 1. The fourth-order valence-corrected chi connectivity index (χ4v) is 2.15. The molecule has 0 heterocycles. The van der Waals surface area contributed by atoms with Crippen molar-refractivity contribution < 1.29 is 14.3 Å². The minimum atomic E-state index is -0.229. The van der Waals surface area contributed by atoms with Crippen LogP contribution in [0, 0.1) is 6.92 Å². The van der Waals surface area contributed by atoms with E-state index in [2.05, 4.69) is 5.32 Å². The quantitative estimate of drug-likeness (QED) is 0.873. The number of hydrogen-bond donors (Lipinski definition) is 1. The van der Waals surface area contributed by atoms with Crippen LogP contribution in [0.5, 0.6) is 11.5 Å². The summed E-state index contributed by atoms with van der Waals surface area (Å²) in [6.07, 6.45) is 0. The number of benzene rings is 2. The van der Waals surface area contributed by atoms with Crippen molar-refractivity contribution in [2.75, 3.05) is 18.5 Å². The number of amides is 1. The van der Waals surface area contributed by atoms with Gasteiger partial charge >= 0.3 is 0 Å². The van der Waals surface area contributed by atoms with Gasteiger partial charge in [0, 0.05) is 16.8 Å². The average molecular weight is 320 g/mol. The summed E-state index contributed by atoms with van der Waals surface area (Å²) >= 11 is 5.89. The summed E-state index contributed by atoms with van der Waals surface area (Å²) in [6, 6.07) is 12.5. The van der Waals surface area contributed by atoms with Gasteiger partial charge in [0.05, 0.1) is 6.61 Å². The van der Waals surface area contributed by atoms with Crippen molar-refractivity contribution in [1.82, 2.24) is 0 Å². The highest BCUT2D eigenvalue weighted by molar-refractivity contribution is 6.30. The minimum absolute atomic E-state index is 0.0718. The fraction of sp³-hybridized carbons (Fsp3) is 0.235. The van der Waals surface area contributed by atoms with Crippen LogP contribution < -0.4 is 14.8 Å². The Kier molecular flexibility index (Phi) is 5.67. The number of ether oxygens (including phenoxy) is 2. The van der Waals surface area contributed by atoms with Crippen molar-refractivity contribution in [2.45, 2.75) is 13.8 Å². The van der Waals surface area contributed by atoms with E-state index < -0.39 is 0 Å². The predicted octanol–water partition coefficient (Wildman–Crippen LogP) is 4.06. The molecule has 22 heavy (non-hydrogen) atoms. The molecule has 5 heteroatoms. The minimum Gasteiger partial charge on any atom is -0.494 e. The van der Waals surface area contributed by atoms with Crippen LogP contribution in [0.4, 0.5) is 5.69 Å². The molecule has 0 unspecified atom stereocenters. The number of halogens is 1. The van der Waals surface area contributed by atoms with E-state index in [0.717, 1.165) is 11.3 Å². The molecule has 0 radical (unpaired) electrons. The molecule has 0 fully saturated rings. The van der Waals surface area contributed by atoms with Crippen LogP contribution in [0.1, 0.15) is 12.5 Å². The lowest BCUT2D eigenvalue weighted by Crippen LogP contribution is -2.20. The van der Waals surface area contributed by atoms with Gasteiger partial charge in [-0.05, 0) is 49.7 Å². The molecular weight excluding hydrogens is 302 g/mol. The highest BCUT2D eigenvalue weighted by Crippen LogP contribution is 2.21. The van der Waals surface area contributed by atoms with Gasteiger partial charge < -0.3 is 14.8 Å². The van der Waals surface area contributed by atoms with Crippen LogP contribution >= 0.6 is 11.6 Å². The Hall–Kier alpha value is -2.20. The van der Waals surface area contributed by atoms with E-state index in [1.54, 1.807) is 30.3 Å². The van der Waals surface area contributed by atoms with Crippen LogP contribution in [0.15, 0.2) is 42.5 Å². The second kappa shape index (κ2) is 7.71. The topological polar surface area (TPSA) is 47.6 Å². The van der Waals surface area contributed by atoms with Crippen LogP contribution in [-0.2, 0) is 4.79 Å². The molecule has 0 spiro atoms. The first-order valence-electron chi connectivity index (χ1n) is 7.00. The molecule has 0 atom stereocenters. The highest BCUT2D eigenvalue weighted by atomic mass is 35.5. The molecule has 4 nitrogen and oxygen atoms in total. The molecule has 2 aromatic rings. The number of aryl methyl sites for hydroxylation is 1. The van der Waals surface area contributed by atoms with Gasteiger partial charge in [-0.1, -0.05) is 17.7 Å². The van der Waals surface area contributed by atoms with Crippen molar-refractivity contribution in [1.29, 1.82) is 0 Å². The van der Waals surface area contributed by atoms with Gasteiger partial charge in [-0.3, -0.25) is 4.79 Å². The number of carbonyl (C=O) groups is 1. The summed E-state index contributed by atoms with van der Waals surface area (Å²) < 4.78 is 10.9. The van der Waals surface area contributed by atoms with E-state index in [4.69, 9.17) is 21.1 Å². The third-order valence-corrected chi connectivity index (χ3v) is 3.18. The molecule has 2 rings (SSSR count). The SMILES string of the molecule is CCOc1cccc(OCC(=O)Nc2ccc(Cl)cc2C)c1. The lowest BCUT2D eigenvalue weighted by atomic mass is 10.2. The van der Waals surface area contributed by atoms with Crippen LogP contribution in [0.2, 0.25) is 5.02 Å². The van der Waals surface area contributed by atoms with Gasteiger partial charge in [-0.25, -0.2) is 0 Å². The van der Waals surface area contributed by atoms with Crippen LogP contribution in [0.25, 0.3) is 0 Å². The van der Waals surface area contributed by atoms with Gasteiger partial charge in [0.1, 0.15) is 11.5 Å². The highest BCUT2D eigenvalue weighted by Gasteiger charge is 2.07. The molecule has 0 saturated heterocycles. The normalized spacial score (nSPS) is 10.1. The average Bonchev–Trinajstić information content (AvgIpc) is 2.49. The van der Waals surface area contributed by atoms with E-state index >= 15 is 0 Å². The molecule has 1 amide bonds. The maximum Gasteiger partial charge on any atom is 0.262 e. The zero-order chi connectivity index (χ0) is 15.9. The van der Waals surface area contributed by atoms with E-state index in [9.17, 15) is 4.79 Å². The molecule has 1 N–H and O–H groups in total. The fourth-order valence-electron chi connectivity index (χ4n) is 1.92. The predicted molar refractivity (Wildman–Crippen MR) is 87.9 cm³/mol. The molecule has 0 bridgehead atoms. The number of nitrogens with one attached hydrogen (secondary N) is 1. The largest absolute Gasteiger partial charge is 0.494 e. The zero-order valence-electron chi connectivity index (χ0n) is 12.6. The van der Waals surface area contributed by atoms with E-state index in [1.165, 1.54) is 0 Å². The maximum atomic E-state index is 11.9. The van der Waals surface area contributed by atoms with Gasteiger partial charge in [-0.2, -0.15) is 0 Å². The molecular formula is C17H18ClNO3. The summed E-state index contributed by atoms with van der Waals surface area (Å²) in [6.45, 7) is 4.31. The van der Waals surface area contributed by atoms with Crippen molar-refractivity contribution in [3.63, 3.8) is 0 Å². The Morgan fingerprint density at radius 3 is 2.55 bits per heavy atom. The molecule has 0 aromatic heterocycles. The lowest BCUT2D eigenvalue weighted by Gasteiger charge is -2.10. The Labute approximate surface area is 135 Å². The standard InChI is InChI=1S/C17H18ClNO3/c1-3-21-14-5-4-6-15(10-14)22-11-17(20)19-16-8-7-13(18)9-12(16)2/h4-10H,3,11H2,1-2H3,(H,19,20). The lowest BCUT2D eigenvalue weighted by molar-refractivity contribution is -0.118. The van der Waals surface area contributed by atoms with Crippen LogP contribution in [0.3, 0.4) is 0 Å². The van der Waals surface area contributed by atoms with E-state index in [1.807, 2.05) is 26.0 Å². The Morgan fingerprint density at radius 2 is 1.86 bits per heavy atom. The summed E-state index contributed by atoms with van der Waals surface area (Å²) in [5, 5.41) is 3.43. The molecule has 116 valence electrons. The smallest absolute Gasteiger partial charge is 0.262 e. The van der Waals surface area contributed by atoms with Crippen molar-refractivity contribution in [3.8, 4) is 11.5 Å². The number of carbonyl (C=O) groups excluding carboxylic acids is 1. The number of hydrogen-bond acceptors (Lipinski definition) is 3. The third kappa shape index (κ3) is 4.67. The summed E-state index contributed by atoms with van der Waals surface area (Å²) in [5.74, 6) is 1.08. The zero-order valence-corrected chi connectivity index (χ0v) is 13.3. The second-order valence-electron chi connectivity index (χ2n) is 4.70. The Morgan fingerprint density at radius 1 is 1.14 bits per heavy atom. The molecule has 0 saturated carbocycles. The Bertz CT molecular complexity index is 658. The van der Waals surface area contributed by atoms with Crippen molar-refractivity contribution in [2.24, 2.45) is 0 Å². The first kappa shape index (κ1) is 16.2. The number of rotatable bonds is 6. The van der Waals surface area contributed by atoms with E-state index in [0.29, 0.717) is 23.1 Å².